The molecule has 0 amide bonds. The Morgan fingerprint density at radius 3 is 2.52 bits per heavy atom. The van der Waals surface area contributed by atoms with Gasteiger partial charge in [-0.15, -0.1) is 0 Å². The van der Waals surface area contributed by atoms with E-state index in [1.807, 2.05) is 54.6 Å². The fourth-order valence-corrected chi connectivity index (χ4v) is 2.79. The van der Waals surface area contributed by atoms with Crippen molar-refractivity contribution in [2.45, 2.75) is 6.10 Å². The number of benzene rings is 2. The first-order valence-corrected chi connectivity index (χ1v) is 7.35. The Bertz CT molecular complexity index is 771. The zero-order chi connectivity index (χ0) is 14.8. The quantitative estimate of drug-likeness (QED) is 0.778. The van der Waals surface area contributed by atoms with E-state index in [2.05, 4.69) is 20.9 Å². The minimum atomic E-state index is -0.783. The molecule has 106 valence electrons. The lowest BCUT2D eigenvalue weighted by atomic mass is 10.0. The number of aromatic nitrogens is 1. The predicted octanol–water partition coefficient (Wildman–Crippen LogP) is 4.09. The third-order valence-corrected chi connectivity index (χ3v) is 4.03. The zero-order valence-corrected chi connectivity index (χ0v) is 13.0. The highest BCUT2D eigenvalue weighted by Crippen LogP contribution is 2.30. The molecule has 0 saturated heterocycles. The summed E-state index contributed by atoms with van der Waals surface area (Å²) in [6, 6.07) is 17.1. The molecule has 4 heteroatoms. The van der Waals surface area contributed by atoms with Crippen molar-refractivity contribution in [1.29, 1.82) is 0 Å². The number of hydrogen-bond acceptors (Lipinski definition) is 3. The second-order valence-corrected chi connectivity index (χ2v) is 5.58. The third-order valence-electron chi connectivity index (χ3n) is 3.40. The molecule has 0 bridgehead atoms. The largest absolute Gasteiger partial charge is 0.497 e. The molecule has 2 aromatic carbocycles. The molecule has 1 atom stereocenters. The van der Waals surface area contributed by atoms with Crippen LogP contribution in [0.2, 0.25) is 0 Å². The Kier molecular flexibility index (Phi) is 3.90. The van der Waals surface area contributed by atoms with E-state index in [-0.39, 0.29) is 0 Å². The number of halogens is 1. The van der Waals surface area contributed by atoms with Crippen molar-refractivity contribution < 1.29 is 9.84 Å². The Hall–Kier alpha value is -1.91. The lowest BCUT2D eigenvalue weighted by Crippen LogP contribution is -2.04. The summed E-state index contributed by atoms with van der Waals surface area (Å²) in [6.45, 7) is 0. The SMILES string of the molecule is COc1ccc(C(O)c2nc3ccccc3cc2Br)cc1. The summed E-state index contributed by atoms with van der Waals surface area (Å²) < 4.78 is 5.93. The van der Waals surface area contributed by atoms with E-state index >= 15 is 0 Å². The number of hydrogen-bond donors (Lipinski definition) is 1. The summed E-state index contributed by atoms with van der Waals surface area (Å²) >= 11 is 3.50. The van der Waals surface area contributed by atoms with Gasteiger partial charge in [0.25, 0.3) is 0 Å². The number of nitrogens with zero attached hydrogens (tertiary/aromatic N) is 1. The van der Waals surface area contributed by atoms with Gasteiger partial charge < -0.3 is 9.84 Å². The van der Waals surface area contributed by atoms with Gasteiger partial charge in [0, 0.05) is 9.86 Å². The van der Waals surface area contributed by atoms with E-state index in [4.69, 9.17) is 4.74 Å². The van der Waals surface area contributed by atoms with E-state index in [9.17, 15) is 5.11 Å². The maximum absolute atomic E-state index is 10.6. The van der Waals surface area contributed by atoms with E-state index in [0.717, 1.165) is 26.7 Å². The molecular weight excluding hydrogens is 330 g/mol. The van der Waals surface area contributed by atoms with Crippen molar-refractivity contribution >= 4 is 26.8 Å². The molecule has 0 aliphatic carbocycles. The summed E-state index contributed by atoms with van der Waals surface area (Å²) in [5, 5.41) is 11.6. The van der Waals surface area contributed by atoms with Crippen LogP contribution < -0.4 is 4.74 Å². The Morgan fingerprint density at radius 2 is 1.81 bits per heavy atom. The van der Waals surface area contributed by atoms with Crippen LogP contribution in [0.15, 0.2) is 59.1 Å². The molecule has 1 aromatic heterocycles. The van der Waals surface area contributed by atoms with E-state index in [1.54, 1.807) is 7.11 Å². The number of pyridine rings is 1. The van der Waals surface area contributed by atoms with Gasteiger partial charge in [-0.25, -0.2) is 4.98 Å². The zero-order valence-electron chi connectivity index (χ0n) is 11.5. The first kappa shape index (κ1) is 14.0. The number of para-hydroxylation sites is 1. The van der Waals surface area contributed by atoms with Gasteiger partial charge in [-0.05, 0) is 45.8 Å². The molecule has 0 radical (unpaired) electrons. The molecule has 21 heavy (non-hydrogen) atoms. The topological polar surface area (TPSA) is 42.4 Å². The first-order valence-electron chi connectivity index (χ1n) is 6.56. The molecular formula is C17H14BrNO2. The van der Waals surface area contributed by atoms with Crippen molar-refractivity contribution in [1.82, 2.24) is 4.98 Å². The molecule has 3 nitrogen and oxygen atoms in total. The van der Waals surface area contributed by atoms with Crippen LogP contribution in [-0.4, -0.2) is 17.2 Å². The van der Waals surface area contributed by atoms with Gasteiger partial charge in [-0.3, -0.25) is 0 Å². The van der Waals surface area contributed by atoms with Gasteiger partial charge in [-0.1, -0.05) is 30.3 Å². The molecule has 0 fully saturated rings. The Labute approximate surface area is 131 Å². The minimum Gasteiger partial charge on any atom is -0.497 e. The van der Waals surface area contributed by atoms with Gasteiger partial charge in [-0.2, -0.15) is 0 Å². The molecule has 1 unspecified atom stereocenters. The summed E-state index contributed by atoms with van der Waals surface area (Å²) in [7, 11) is 1.62. The fourth-order valence-electron chi connectivity index (χ4n) is 2.24. The minimum absolute atomic E-state index is 0.610. The molecule has 3 aromatic rings. The average molecular weight is 344 g/mol. The van der Waals surface area contributed by atoms with Crippen LogP contribution in [-0.2, 0) is 0 Å². The van der Waals surface area contributed by atoms with Gasteiger partial charge in [0.1, 0.15) is 11.9 Å². The molecule has 0 saturated carbocycles. The molecule has 0 aliphatic rings. The summed E-state index contributed by atoms with van der Waals surface area (Å²) in [6.07, 6.45) is -0.783. The van der Waals surface area contributed by atoms with Gasteiger partial charge in [0.15, 0.2) is 0 Å². The molecule has 1 N–H and O–H groups in total. The lowest BCUT2D eigenvalue weighted by Gasteiger charge is -2.14. The van der Waals surface area contributed by atoms with Crippen molar-refractivity contribution in [2.75, 3.05) is 7.11 Å². The fraction of sp³-hybridized carbons (Fsp3) is 0.118. The predicted molar refractivity (Wildman–Crippen MR) is 86.5 cm³/mol. The molecule has 1 heterocycles. The Balaban J connectivity index is 2.03. The Morgan fingerprint density at radius 1 is 1.10 bits per heavy atom. The first-order chi connectivity index (χ1) is 10.2. The van der Waals surface area contributed by atoms with Gasteiger partial charge in [0.05, 0.1) is 18.3 Å². The maximum atomic E-state index is 10.6. The van der Waals surface area contributed by atoms with Crippen LogP contribution in [0.25, 0.3) is 10.9 Å². The average Bonchev–Trinajstić information content (AvgIpc) is 2.53. The van der Waals surface area contributed by atoms with Crippen LogP contribution in [0, 0.1) is 0 Å². The van der Waals surface area contributed by atoms with Crippen LogP contribution >= 0.6 is 15.9 Å². The van der Waals surface area contributed by atoms with Gasteiger partial charge in [0.2, 0.25) is 0 Å². The van der Waals surface area contributed by atoms with Crippen LogP contribution in [0.3, 0.4) is 0 Å². The van der Waals surface area contributed by atoms with Crippen LogP contribution in [0.5, 0.6) is 5.75 Å². The monoisotopic (exact) mass is 343 g/mol. The highest BCUT2D eigenvalue weighted by atomic mass is 79.9. The van der Waals surface area contributed by atoms with Crippen LogP contribution in [0.1, 0.15) is 17.4 Å². The number of aliphatic hydroxyl groups excluding tert-OH is 1. The third kappa shape index (κ3) is 2.77. The standard InChI is InChI=1S/C17H14BrNO2/c1-21-13-8-6-11(7-9-13)17(20)16-14(18)10-12-4-2-3-5-15(12)19-16/h2-10,17,20H,1H3. The number of rotatable bonds is 3. The molecule has 0 spiro atoms. The second kappa shape index (κ2) is 5.84. The number of aliphatic hydroxyl groups is 1. The number of fused-ring (bicyclic) bond motifs is 1. The number of ether oxygens (including phenoxy) is 1. The smallest absolute Gasteiger partial charge is 0.122 e. The highest BCUT2D eigenvalue weighted by molar-refractivity contribution is 9.10. The number of methoxy groups -OCH3 is 1. The van der Waals surface area contributed by atoms with E-state index < -0.39 is 6.10 Å². The summed E-state index contributed by atoms with van der Waals surface area (Å²) in [5.74, 6) is 0.761. The molecule has 3 rings (SSSR count). The summed E-state index contributed by atoms with van der Waals surface area (Å²) in [4.78, 5) is 4.57. The second-order valence-electron chi connectivity index (χ2n) is 4.72. The van der Waals surface area contributed by atoms with Crippen molar-refractivity contribution in [3.63, 3.8) is 0 Å². The lowest BCUT2D eigenvalue weighted by molar-refractivity contribution is 0.215. The van der Waals surface area contributed by atoms with Gasteiger partial charge >= 0.3 is 0 Å². The van der Waals surface area contributed by atoms with E-state index in [1.165, 1.54) is 0 Å². The van der Waals surface area contributed by atoms with Crippen molar-refractivity contribution in [3.05, 3.63) is 70.3 Å². The molecule has 0 aliphatic heterocycles. The van der Waals surface area contributed by atoms with Crippen molar-refractivity contribution in [2.24, 2.45) is 0 Å². The summed E-state index contributed by atoms with van der Waals surface area (Å²) in [5.41, 5.74) is 2.25. The van der Waals surface area contributed by atoms with E-state index in [0.29, 0.717) is 5.69 Å². The van der Waals surface area contributed by atoms with Crippen molar-refractivity contribution in [3.8, 4) is 5.75 Å². The van der Waals surface area contributed by atoms with Crippen LogP contribution in [0.4, 0.5) is 0 Å². The highest BCUT2D eigenvalue weighted by Gasteiger charge is 2.16. The normalized spacial score (nSPS) is 12.3. The maximum Gasteiger partial charge on any atom is 0.122 e.